The van der Waals surface area contributed by atoms with Gasteiger partial charge in [-0.25, -0.2) is 12.8 Å². The largest absolute Gasteiger partial charge is 0.493 e. The molecule has 1 amide bonds. The predicted octanol–water partition coefficient (Wildman–Crippen LogP) is 4.37. The molecule has 34 heavy (non-hydrogen) atoms. The summed E-state index contributed by atoms with van der Waals surface area (Å²) in [5, 5.41) is 4.55. The van der Waals surface area contributed by atoms with Gasteiger partial charge >= 0.3 is 0 Å². The fourth-order valence-corrected chi connectivity index (χ4v) is 6.71. The van der Waals surface area contributed by atoms with E-state index >= 15 is 0 Å². The third-order valence-electron chi connectivity index (χ3n) is 5.75. The standard InChI is InChI=1S/C25H27FN2O4S2/c26-22-10-2-1-8-20(22)13-15-32-21-9-5-7-19(17-21)18-28(23-11-3-4-14-27-25(23)29)34(30,31)24-12-6-16-33-24/h1-2,5-10,12,16-17,23H,3-4,11,13-15,18H2,(H,27,29)/t23-/m0/s1. The average molecular weight is 503 g/mol. The van der Waals surface area contributed by atoms with Crippen LogP contribution in [0.1, 0.15) is 30.4 Å². The molecule has 1 aliphatic rings. The van der Waals surface area contributed by atoms with Gasteiger partial charge in [-0.2, -0.15) is 4.31 Å². The number of amides is 1. The van der Waals surface area contributed by atoms with Crippen molar-refractivity contribution in [2.75, 3.05) is 13.2 Å². The highest BCUT2D eigenvalue weighted by Gasteiger charge is 2.37. The number of carbonyl (C=O) groups is 1. The Bertz CT molecular complexity index is 1220. The summed E-state index contributed by atoms with van der Waals surface area (Å²) >= 11 is 1.14. The molecular weight excluding hydrogens is 475 g/mol. The second-order valence-electron chi connectivity index (χ2n) is 8.12. The Labute approximate surface area is 203 Å². The van der Waals surface area contributed by atoms with Gasteiger partial charge in [0.1, 0.15) is 21.8 Å². The maximum atomic E-state index is 13.8. The minimum Gasteiger partial charge on any atom is -0.493 e. The number of benzene rings is 2. The van der Waals surface area contributed by atoms with Gasteiger partial charge in [0.15, 0.2) is 0 Å². The van der Waals surface area contributed by atoms with Crippen LogP contribution < -0.4 is 10.1 Å². The number of nitrogens with one attached hydrogen (secondary N) is 1. The predicted molar refractivity (Wildman–Crippen MR) is 130 cm³/mol. The minimum absolute atomic E-state index is 0.0445. The fourth-order valence-electron chi connectivity index (χ4n) is 3.98. The highest BCUT2D eigenvalue weighted by Crippen LogP contribution is 2.28. The summed E-state index contributed by atoms with van der Waals surface area (Å²) in [7, 11) is -3.87. The number of ether oxygens (including phenoxy) is 1. The number of nitrogens with zero attached hydrogens (tertiary/aromatic N) is 1. The molecule has 3 aromatic rings. The normalized spacial score (nSPS) is 16.8. The minimum atomic E-state index is -3.87. The smallest absolute Gasteiger partial charge is 0.253 e. The van der Waals surface area contributed by atoms with Gasteiger partial charge < -0.3 is 10.1 Å². The lowest BCUT2D eigenvalue weighted by Crippen LogP contribution is -2.48. The van der Waals surface area contributed by atoms with Crippen molar-refractivity contribution in [1.82, 2.24) is 9.62 Å². The molecule has 1 atom stereocenters. The van der Waals surface area contributed by atoms with Crippen LogP contribution in [0.25, 0.3) is 0 Å². The highest BCUT2D eigenvalue weighted by atomic mass is 32.2. The second kappa shape index (κ2) is 11.1. The van der Waals surface area contributed by atoms with Crippen molar-refractivity contribution >= 4 is 27.3 Å². The van der Waals surface area contributed by atoms with Crippen LogP contribution in [0.15, 0.2) is 70.3 Å². The van der Waals surface area contributed by atoms with Gasteiger partial charge in [0.05, 0.1) is 6.61 Å². The molecule has 6 nitrogen and oxygen atoms in total. The monoisotopic (exact) mass is 502 g/mol. The molecule has 2 heterocycles. The number of thiophene rings is 1. The molecular formula is C25H27FN2O4S2. The molecule has 0 bridgehead atoms. The van der Waals surface area contributed by atoms with E-state index < -0.39 is 16.1 Å². The number of rotatable bonds is 9. The Morgan fingerprint density at radius 2 is 1.94 bits per heavy atom. The lowest BCUT2D eigenvalue weighted by atomic mass is 10.1. The molecule has 1 fully saturated rings. The summed E-state index contributed by atoms with van der Waals surface area (Å²) in [5.41, 5.74) is 1.28. The molecule has 2 aromatic carbocycles. The van der Waals surface area contributed by atoms with Crippen molar-refractivity contribution < 1.29 is 22.3 Å². The lowest BCUT2D eigenvalue weighted by molar-refractivity contribution is -0.124. The number of hydrogen-bond donors (Lipinski definition) is 1. The van der Waals surface area contributed by atoms with Gasteiger partial charge in [0.25, 0.3) is 10.0 Å². The van der Waals surface area contributed by atoms with Crippen molar-refractivity contribution in [3.05, 3.63) is 83.0 Å². The third kappa shape index (κ3) is 5.84. The third-order valence-corrected chi connectivity index (χ3v) is 8.97. The van der Waals surface area contributed by atoms with E-state index in [9.17, 15) is 17.6 Å². The van der Waals surface area contributed by atoms with Crippen LogP contribution in [0.2, 0.25) is 0 Å². The van der Waals surface area contributed by atoms with Crippen LogP contribution in [-0.2, 0) is 27.8 Å². The van der Waals surface area contributed by atoms with Crippen LogP contribution in [0.4, 0.5) is 4.39 Å². The topological polar surface area (TPSA) is 75.7 Å². The van der Waals surface area contributed by atoms with Gasteiger partial charge in [0.2, 0.25) is 5.91 Å². The van der Waals surface area contributed by atoms with Crippen molar-refractivity contribution in [3.63, 3.8) is 0 Å². The van der Waals surface area contributed by atoms with E-state index in [0.29, 0.717) is 36.3 Å². The van der Waals surface area contributed by atoms with Crippen LogP contribution in [0, 0.1) is 5.82 Å². The maximum absolute atomic E-state index is 13.8. The Morgan fingerprint density at radius 3 is 2.74 bits per heavy atom. The number of sulfonamides is 1. The number of hydrogen-bond acceptors (Lipinski definition) is 5. The van der Waals surface area contributed by atoms with E-state index in [4.69, 9.17) is 4.74 Å². The fraction of sp³-hybridized carbons (Fsp3) is 0.320. The van der Waals surface area contributed by atoms with Crippen LogP contribution in [0.3, 0.4) is 0 Å². The summed E-state index contributed by atoms with van der Waals surface area (Å²) in [4.78, 5) is 12.8. The zero-order chi connectivity index (χ0) is 24.0. The Kier molecular flexibility index (Phi) is 7.97. The first-order chi connectivity index (χ1) is 16.4. The van der Waals surface area contributed by atoms with Gasteiger partial charge in [-0.1, -0.05) is 36.4 Å². The summed E-state index contributed by atoms with van der Waals surface area (Å²) in [6.45, 7) is 0.878. The van der Waals surface area contributed by atoms with Crippen molar-refractivity contribution in [3.8, 4) is 5.75 Å². The maximum Gasteiger partial charge on any atom is 0.253 e. The number of carbonyl (C=O) groups excluding carboxylic acids is 1. The molecule has 0 aliphatic carbocycles. The van der Waals surface area contributed by atoms with Gasteiger partial charge in [-0.15, -0.1) is 11.3 Å². The van der Waals surface area contributed by atoms with E-state index in [1.807, 2.05) is 6.07 Å². The van der Waals surface area contributed by atoms with E-state index in [1.54, 1.807) is 53.9 Å². The van der Waals surface area contributed by atoms with Crippen molar-refractivity contribution in [2.24, 2.45) is 0 Å². The molecule has 180 valence electrons. The second-order valence-corrected chi connectivity index (χ2v) is 11.2. The zero-order valence-electron chi connectivity index (χ0n) is 18.7. The van der Waals surface area contributed by atoms with Crippen LogP contribution >= 0.6 is 11.3 Å². The summed E-state index contributed by atoms with van der Waals surface area (Å²) in [5.74, 6) is 0.0264. The number of halogens is 1. The first-order valence-electron chi connectivity index (χ1n) is 11.2. The van der Waals surface area contributed by atoms with Crippen LogP contribution in [-0.4, -0.2) is 37.8 Å². The molecule has 0 radical (unpaired) electrons. The molecule has 0 spiro atoms. The Hall–Kier alpha value is -2.75. The van der Waals surface area contributed by atoms with E-state index in [-0.39, 0.29) is 29.1 Å². The summed E-state index contributed by atoms with van der Waals surface area (Å²) < 4.78 is 48.2. The molecule has 4 rings (SSSR count). The molecule has 1 aromatic heterocycles. The van der Waals surface area contributed by atoms with Gasteiger partial charge in [0, 0.05) is 19.5 Å². The average Bonchev–Trinajstić information content (AvgIpc) is 3.30. The highest BCUT2D eigenvalue weighted by molar-refractivity contribution is 7.91. The molecule has 9 heteroatoms. The van der Waals surface area contributed by atoms with E-state index in [1.165, 1.54) is 10.4 Å². The summed E-state index contributed by atoms with van der Waals surface area (Å²) in [6, 6.07) is 16.2. The first kappa shape index (κ1) is 24.4. The van der Waals surface area contributed by atoms with Crippen molar-refractivity contribution in [2.45, 2.75) is 42.5 Å². The van der Waals surface area contributed by atoms with Gasteiger partial charge in [-0.3, -0.25) is 4.79 Å². The quantitative estimate of drug-likeness (QED) is 0.472. The van der Waals surface area contributed by atoms with Gasteiger partial charge in [-0.05, 0) is 60.0 Å². The summed E-state index contributed by atoms with van der Waals surface area (Å²) in [6.07, 6.45) is 2.47. The molecule has 1 N–H and O–H groups in total. The van der Waals surface area contributed by atoms with Crippen LogP contribution in [0.5, 0.6) is 5.75 Å². The first-order valence-corrected chi connectivity index (χ1v) is 13.6. The molecule has 1 saturated heterocycles. The molecule has 1 aliphatic heterocycles. The van der Waals surface area contributed by atoms with E-state index in [0.717, 1.165) is 24.2 Å². The lowest BCUT2D eigenvalue weighted by Gasteiger charge is -2.28. The SMILES string of the molecule is O=C1NCCCC[C@@H]1N(Cc1cccc(OCCc2ccccc2F)c1)S(=O)(=O)c1cccs1. The zero-order valence-corrected chi connectivity index (χ0v) is 20.3. The Balaban J connectivity index is 1.53. The van der Waals surface area contributed by atoms with E-state index in [2.05, 4.69) is 5.32 Å². The van der Waals surface area contributed by atoms with Crippen molar-refractivity contribution in [1.29, 1.82) is 0 Å². The molecule has 0 unspecified atom stereocenters. The Morgan fingerprint density at radius 1 is 1.09 bits per heavy atom. The molecule has 0 saturated carbocycles.